The number of H-pyrrole nitrogens is 2. The minimum atomic E-state index is 0.610. The summed E-state index contributed by atoms with van der Waals surface area (Å²) in [7, 11) is 0. The van der Waals surface area contributed by atoms with Gasteiger partial charge in [0.1, 0.15) is 0 Å². The Hall–Kier alpha value is -2.07. The first-order valence-corrected chi connectivity index (χ1v) is 6.54. The second kappa shape index (κ2) is 4.55. The molecule has 19 heavy (non-hydrogen) atoms. The van der Waals surface area contributed by atoms with Crippen molar-refractivity contribution >= 4 is 10.9 Å². The van der Waals surface area contributed by atoms with Crippen molar-refractivity contribution in [2.24, 2.45) is 5.73 Å². The van der Waals surface area contributed by atoms with E-state index < -0.39 is 0 Å². The van der Waals surface area contributed by atoms with E-state index in [1.165, 1.54) is 22.2 Å². The van der Waals surface area contributed by atoms with E-state index in [0.29, 0.717) is 6.54 Å². The van der Waals surface area contributed by atoms with E-state index in [2.05, 4.69) is 47.2 Å². The fraction of sp³-hybridized carbons (Fsp3) is 0.267. The molecule has 98 valence electrons. The molecule has 0 atom stereocenters. The van der Waals surface area contributed by atoms with Crippen LogP contribution in [0.1, 0.15) is 17.1 Å². The van der Waals surface area contributed by atoms with Gasteiger partial charge in [0.05, 0.1) is 5.69 Å². The van der Waals surface area contributed by atoms with Crippen molar-refractivity contribution in [2.75, 3.05) is 6.54 Å². The van der Waals surface area contributed by atoms with Crippen LogP contribution in [-0.2, 0) is 6.42 Å². The third-order valence-corrected chi connectivity index (χ3v) is 3.55. The number of para-hydroxylation sites is 1. The number of nitrogens with two attached hydrogens (primary N) is 1. The molecule has 3 rings (SSSR count). The van der Waals surface area contributed by atoms with Crippen LogP contribution in [0, 0.1) is 13.8 Å². The number of benzene rings is 1. The molecule has 0 spiro atoms. The second-order valence-corrected chi connectivity index (χ2v) is 4.88. The summed E-state index contributed by atoms with van der Waals surface area (Å²) in [5, 5.41) is 8.71. The zero-order chi connectivity index (χ0) is 13.4. The molecule has 1 aromatic carbocycles. The van der Waals surface area contributed by atoms with Crippen LogP contribution in [0.2, 0.25) is 0 Å². The number of aromatic nitrogens is 3. The topological polar surface area (TPSA) is 70.5 Å². The Bertz CT molecular complexity index is 721. The fourth-order valence-electron chi connectivity index (χ4n) is 2.73. The molecular weight excluding hydrogens is 236 g/mol. The van der Waals surface area contributed by atoms with E-state index in [-0.39, 0.29) is 0 Å². The molecule has 4 nitrogen and oxygen atoms in total. The van der Waals surface area contributed by atoms with Gasteiger partial charge in [0.2, 0.25) is 0 Å². The molecule has 0 radical (unpaired) electrons. The molecular formula is C15H18N4. The highest BCUT2D eigenvalue weighted by molar-refractivity contribution is 5.98. The number of nitrogens with zero attached hydrogens (tertiary/aromatic N) is 1. The van der Waals surface area contributed by atoms with Crippen LogP contribution in [0.25, 0.3) is 22.0 Å². The number of nitrogens with one attached hydrogen (secondary N) is 2. The lowest BCUT2D eigenvalue weighted by Crippen LogP contribution is -2.04. The van der Waals surface area contributed by atoms with E-state index in [0.717, 1.165) is 23.3 Å². The highest BCUT2D eigenvalue weighted by atomic mass is 15.1. The van der Waals surface area contributed by atoms with E-state index in [4.69, 9.17) is 5.73 Å². The lowest BCUT2D eigenvalue weighted by Gasteiger charge is -2.04. The van der Waals surface area contributed by atoms with Crippen molar-refractivity contribution in [3.8, 4) is 11.1 Å². The predicted molar refractivity (Wildman–Crippen MR) is 78.1 cm³/mol. The highest BCUT2D eigenvalue weighted by Crippen LogP contribution is 2.35. The molecule has 0 fully saturated rings. The van der Waals surface area contributed by atoms with Crippen LogP contribution in [0.5, 0.6) is 0 Å². The zero-order valence-electron chi connectivity index (χ0n) is 11.2. The third-order valence-electron chi connectivity index (χ3n) is 3.55. The van der Waals surface area contributed by atoms with Crippen molar-refractivity contribution in [3.63, 3.8) is 0 Å². The maximum absolute atomic E-state index is 5.68. The molecule has 0 aliphatic rings. The van der Waals surface area contributed by atoms with Crippen LogP contribution < -0.4 is 5.73 Å². The lowest BCUT2D eigenvalue weighted by atomic mass is 9.99. The lowest BCUT2D eigenvalue weighted by molar-refractivity contribution is 0.899. The summed E-state index contributed by atoms with van der Waals surface area (Å²) < 4.78 is 0. The van der Waals surface area contributed by atoms with Gasteiger partial charge in [-0.15, -0.1) is 0 Å². The van der Waals surface area contributed by atoms with Crippen LogP contribution in [0.15, 0.2) is 24.3 Å². The van der Waals surface area contributed by atoms with Crippen LogP contribution >= 0.6 is 0 Å². The second-order valence-electron chi connectivity index (χ2n) is 4.88. The van der Waals surface area contributed by atoms with Gasteiger partial charge >= 0.3 is 0 Å². The Morgan fingerprint density at radius 1 is 1.11 bits per heavy atom. The standard InChI is InChI=1S/C15H18N4/c1-9-14(11-5-3-4-6-12(11)17-9)15-10(2)18-19-13(15)7-8-16/h3-6,17H,7-8,16H2,1-2H3,(H,18,19). The molecule has 4 N–H and O–H groups in total. The van der Waals surface area contributed by atoms with Crippen molar-refractivity contribution in [1.29, 1.82) is 0 Å². The number of hydrogen-bond acceptors (Lipinski definition) is 2. The Morgan fingerprint density at radius 3 is 2.68 bits per heavy atom. The van der Waals surface area contributed by atoms with Crippen molar-refractivity contribution < 1.29 is 0 Å². The average molecular weight is 254 g/mol. The first-order valence-electron chi connectivity index (χ1n) is 6.54. The molecule has 0 saturated carbocycles. The quantitative estimate of drug-likeness (QED) is 0.672. The normalized spacial score (nSPS) is 11.3. The molecule has 0 aliphatic heterocycles. The molecule has 0 aliphatic carbocycles. The molecule has 0 unspecified atom stereocenters. The van der Waals surface area contributed by atoms with E-state index in [1.807, 2.05) is 6.07 Å². The molecule has 0 amide bonds. The number of rotatable bonds is 3. The van der Waals surface area contributed by atoms with Crippen molar-refractivity contribution in [3.05, 3.63) is 41.3 Å². The van der Waals surface area contributed by atoms with Gasteiger partial charge in [-0.05, 0) is 26.5 Å². The first kappa shape index (κ1) is 12.0. The number of hydrogen-bond donors (Lipinski definition) is 3. The van der Waals surface area contributed by atoms with Gasteiger partial charge in [0, 0.05) is 39.8 Å². The first-order chi connectivity index (χ1) is 9.22. The van der Waals surface area contributed by atoms with E-state index >= 15 is 0 Å². The van der Waals surface area contributed by atoms with Gasteiger partial charge in [-0.25, -0.2) is 0 Å². The minimum absolute atomic E-state index is 0.610. The molecule has 0 bridgehead atoms. The van der Waals surface area contributed by atoms with Crippen LogP contribution in [0.4, 0.5) is 0 Å². The Morgan fingerprint density at radius 2 is 1.89 bits per heavy atom. The Balaban J connectivity index is 2.30. The number of fused-ring (bicyclic) bond motifs is 1. The molecule has 2 heterocycles. The summed E-state index contributed by atoms with van der Waals surface area (Å²) in [5.74, 6) is 0. The van der Waals surface area contributed by atoms with Crippen LogP contribution in [0.3, 0.4) is 0 Å². The Labute approximate surface area is 112 Å². The van der Waals surface area contributed by atoms with Gasteiger partial charge in [-0.1, -0.05) is 18.2 Å². The van der Waals surface area contributed by atoms with Gasteiger partial charge in [0.15, 0.2) is 0 Å². The summed E-state index contributed by atoms with van der Waals surface area (Å²) in [6.45, 7) is 4.77. The van der Waals surface area contributed by atoms with Crippen molar-refractivity contribution in [2.45, 2.75) is 20.3 Å². The summed E-state index contributed by atoms with van der Waals surface area (Å²) in [6.07, 6.45) is 0.790. The fourth-order valence-corrected chi connectivity index (χ4v) is 2.73. The molecule has 0 saturated heterocycles. The maximum Gasteiger partial charge on any atom is 0.0716 e. The number of aromatic amines is 2. The summed E-state index contributed by atoms with van der Waals surface area (Å²) >= 11 is 0. The zero-order valence-corrected chi connectivity index (χ0v) is 11.2. The van der Waals surface area contributed by atoms with E-state index in [9.17, 15) is 0 Å². The molecule has 4 heteroatoms. The minimum Gasteiger partial charge on any atom is -0.358 e. The molecule has 3 aromatic rings. The van der Waals surface area contributed by atoms with Gasteiger partial charge in [0.25, 0.3) is 0 Å². The maximum atomic E-state index is 5.68. The summed E-state index contributed by atoms with van der Waals surface area (Å²) in [4.78, 5) is 3.44. The predicted octanol–water partition coefficient (Wildman–Crippen LogP) is 2.68. The molecule has 2 aromatic heterocycles. The Kier molecular flexibility index (Phi) is 2.87. The smallest absolute Gasteiger partial charge is 0.0716 e. The SMILES string of the molecule is Cc1[nH]nc(CCN)c1-c1c(C)[nH]c2ccccc12. The van der Waals surface area contributed by atoms with Gasteiger partial charge in [-0.3, -0.25) is 5.10 Å². The highest BCUT2D eigenvalue weighted by Gasteiger charge is 2.18. The summed E-state index contributed by atoms with van der Waals surface area (Å²) in [5.41, 5.74) is 12.6. The van der Waals surface area contributed by atoms with Crippen LogP contribution in [-0.4, -0.2) is 21.7 Å². The largest absolute Gasteiger partial charge is 0.358 e. The van der Waals surface area contributed by atoms with E-state index in [1.54, 1.807) is 0 Å². The van der Waals surface area contributed by atoms with Gasteiger partial charge in [-0.2, -0.15) is 5.10 Å². The summed E-state index contributed by atoms with van der Waals surface area (Å²) in [6, 6.07) is 8.36. The monoisotopic (exact) mass is 254 g/mol. The van der Waals surface area contributed by atoms with Crippen molar-refractivity contribution in [1.82, 2.24) is 15.2 Å². The van der Waals surface area contributed by atoms with Gasteiger partial charge < -0.3 is 10.7 Å². The third kappa shape index (κ3) is 1.85. The number of aryl methyl sites for hydroxylation is 2. The average Bonchev–Trinajstić information content (AvgIpc) is 2.90.